The Bertz CT molecular complexity index is 389. The second-order valence-corrected chi connectivity index (χ2v) is 6.97. The van der Waals surface area contributed by atoms with Gasteiger partial charge in [0.05, 0.1) is 6.61 Å². The molecule has 0 bridgehead atoms. The van der Waals surface area contributed by atoms with E-state index in [1.807, 2.05) is 0 Å². The van der Waals surface area contributed by atoms with Gasteiger partial charge in [-0.25, -0.2) is 0 Å². The lowest BCUT2D eigenvalue weighted by Gasteiger charge is -2.33. The highest BCUT2D eigenvalue weighted by Gasteiger charge is 2.28. The van der Waals surface area contributed by atoms with Gasteiger partial charge < -0.3 is 9.47 Å². The number of benzene rings is 1. The fraction of sp³-hybridized carbons (Fsp3) is 0.667. The largest absolute Gasteiger partial charge is 0.353 e. The molecule has 0 saturated carbocycles. The van der Waals surface area contributed by atoms with Crippen LogP contribution in [0, 0.1) is 0 Å². The van der Waals surface area contributed by atoms with E-state index >= 15 is 0 Å². The molecule has 1 aliphatic heterocycles. The first-order valence-electron chi connectivity index (χ1n) is 8.09. The van der Waals surface area contributed by atoms with Crippen molar-refractivity contribution < 1.29 is 9.47 Å². The van der Waals surface area contributed by atoms with Crippen molar-refractivity contribution in [2.75, 3.05) is 18.5 Å². The van der Waals surface area contributed by atoms with Crippen molar-refractivity contribution in [1.82, 2.24) is 0 Å². The van der Waals surface area contributed by atoms with Crippen molar-refractivity contribution in [2.24, 2.45) is 0 Å². The number of unbranched alkanes of at least 4 members (excludes halogenated alkanes) is 1. The number of alkyl halides is 1. The summed E-state index contributed by atoms with van der Waals surface area (Å²) in [5.74, 6) is 0. The van der Waals surface area contributed by atoms with Gasteiger partial charge in [0, 0.05) is 17.4 Å². The number of ether oxygens (including phenoxy) is 2. The molecule has 0 aromatic heterocycles. The maximum Gasteiger partial charge on any atom is 0.157 e. The van der Waals surface area contributed by atoms with E-state index < -0.39 is 0 Å². The quantitative estimate of drug-likeness (QED) is 0.480. The molecular formula is C18H27BrO2. The van der Waals surface area contributed by atoms with E-state index in [0.717, 1.165) is 31.4 Å². The van der Waals surface area contributed by atoms with Crippen molar-refractivity contribution >= 4 is 15.9 Å². The van der Waals surface area contributed by atoms with Crippen LogP contribution in [0.4, 0.5) is 0 Å². The molecule has 2 rings (SSSR count). The van der Waals surface area contributed by atoms with Gasteiger partial charge in [-0.15, -0.1) is 0 Å². The third kappa shape index (κ3) is 5.39. The molecular weight excluding hydrogens is 328 g/mol. The van der Waals surface area contributed by atoms with Crippen LogP contribution in [0.5, 0.6) is 0 Å². The average Bonchev–Trinajstić information content (AvgIpc) is 2.55. The molecule has 1 aliphatic rings. The van der Waals surface area contributed by atoms with Gasteiger partial charge in [0.25, 0.3) is 0 Å². The molecule has 2 atom stereocenters. The van der Waals surface area contributed by atoms with E-state index in [4.69, 9.17) is 9.47 Å². The highest BCUT2D eigenvalue weighted by atomic mass is 79.9. The lowest BCUT2D eigenvalue weighted by molar-refractivity contribution is -0.171. The fourth-order valence-corrected chi connectivity index (χ4v) is 3.27. The smallest absolute Gasteiger partial charge is 0.157 e. The van der Waals surface area contributed by atoms with Gasteiger partial charge in [-0.2, -0.15) is 0 Å². The van der Waals surface area contributed by atoms with E-state index in [1.165, 1.54) is 31.2 Å². The molecule has 1 aromatic rings. The predicted octanol–water partition coefficient (Wildman–Crippen LogP) is 5.05. The summed E-state index contributed by atoms with van der Waals surface area (Å²) in [6, 6.07) is 10.8. The van der Waals surface area contributed by atoms with Crippen LogP contribution in [-0.4, -0.2) is 24.8 Å². The minimum absolute atomic E-state index is 0.00189. The van der Waals surface area contributed by atoms with Crippen LogP contribution >= 0.6 is 15.9 Å². The summed E-state index contributed by atoms with van der Waals surface area (Å²) in [5, 5.41) is 1.07. The van der Waals surface area contributed by atoms with E-state index in [1.54, 1.807) is 0 Å². The van der Waals surface area contributed by atoms with E-state index in [9.17, 15) is 0 Å². The molecule has 21 heavy (non-hydrogen) atoms. The SMILES string of the molecule is C[C@](CCCCBr)(CO[C@@H]1CCCCO1)c1ccccc1. The first-order chi connectivity index (χ1) is 10.2. The van der Waals surface area contributed by atoms with Gasteiger partial charge in [0.2, 0.25) is 0 Å². The Morgan fingerprint density at radius 3 is 2.71 bits per heavy atom. The van der Waals surface area contributed by atoms with Crippen LogP contribution < -0.4 is 0 Å². The number of rotatable bonds is 8. The Kier molecular flexibility index (Phi) is 7.21. The Labute approximate surface area is 137 Å². The zero-order chi connectivity index (χ0) is 15.0. The highest BCUT2D eigenvalue weighted by molar-refractivity contribution is 9.09. The normalized spacial score (nSPS) is 21.9. The lowest BCUT2D eigenvalue weighted by atomic mass is 9.79. The molecule has 0 amide bonds. The zero-order valence-corrected chi connectivity index (χ0v) is 14.6. The lowest BCUT2D eigenvalue weighted by Crippen LogP contribution is -2.33. The summed E-state index contributed by atoms with van der Waals surface area (Å²) in [7, 11) is 0. The maximum atomic E-state index is 6.10. The third-order valence-corrected chi connectivity index (χ3v) is 4.87. The zero-order valence-electron chi connectivity index (χ0n) is 13.0. The average molecular weight is 355 g/mol. The van der Waals surface area contributed by atoms with Gasteiger partial charge >= 0.3 is 0 Å². The molecule has 0 N–H and O–H groups in total. The second kappa shape index (κ2) is 8.92. The van der Waals surface area contributed by atoms with E-state index in [2.05, 4.69) is 53.2 Å². The summed E-state index contributed by atoms with van der Waals surface area (Å²) >= 11 is 3.52. The van der Waals surface area contributed by atoms with Crippen LogP contribution in [-0.2, 0) is 14.9 Å². The van der Waals surface area contributed by atoms with E-state index in [0.29, 0.717) is 0 Å². The van der Waals surface area contributed by atoms with Crippen molar-refractivity contribution in [3.8, 4) is 0 Å². The summed E-state index contributed by atoms with van der Waals surface area (Å²) in [6.45, 7) is 3.90. The summed E-state index contributed by atoms with van der Waals surface area (Å²) in [4.78, 5) is 0. The molecule has 1 fully saturated rings. The molecule has 1 saturated heterocycles. The van der Waals surface area contributed by atoms with Gasteiger partial charge in [-0.05, 0) is 37.7 Å². The monoisotopic (exact) mass is 354 g/mol. The van der Waals surface area contributed by atoms with Crippen LogP contribution in [0.2, 0.25) is 0 Å². The minimum Gasteiger partial charge on any atom is -0.353 e. The number of hydrogen-bond donors (Lipinski definition) is 0. The predicted molar refractivity (Wildman–Crippen MR) is 91.0 cm³/mol. The molecule has 0 unspecified atom stereocenters. The van der Waals surface area contributed by atoms with Crippen molar-refractivity contribution in [3.05, 3.63) is 35.9 Å². The van der Waals surface area contributed by atoms with Crippen LogP contribution in [0.25, 0.3) is 0 Å². The summed E-state index contributed by atoms with van der Waals surface area (Å²) < 4.78 is 11.8. The minimum atomic E-state index is -0.00189. The second-order valence-electron chi connectivity index (χ2n) is 6.18. The molecule has 0 aliphatic carbocycles. The standard InChI is InChI=1S/C18H27BrO2/c1-18(12-6-7-13-19,16-9-3-2-4-10-16)15-21-17-11-5-8-14-20-17/h2-4,9-10,17H,5-8,11-15H2,1H3/t17-,18+/m1/s1. The first-order valence-corrected chi connectivity index (χ1v) is 9.21. The van der Waals surface area contributed by atoms with Crippen molar-refractivity contribution in [1.29, 1.82) is 0 Å². The van der Waals surface area contributed by atoms with Gasteiger partial charge in [0.15, 0.2) is 6.29 Å². The van der Waals surface area contributed by atoms with E-state index in [-0.39, 0.29) is 11.7 Å². The highest BCUT2D eigenvalue weighted by Crippen LogP contribution is 2.31. The molecule has 1 aromatic carbocycles. The summed E-state index contributed by atoms with van der Waals surface area (Å²) in [5.41, 5.74) is 1.44. The van der Waals surface area contributed by atoms with Gasteiger partial charge in [-0.1, -0.05) is 59.6 Å². The van der Waals surface area contributed by atoms with Gasteiger partial charge in [-0.3, -0.25) is 0 Å². The van der Waals surface area contributed by atoms with Crippen molar-refractivity contribution in [2.45, 2.75) is 57.2 Å². The molecule has 0 spiro atoms. The molecule has 2 nitrogen and oxygen atoms in total. The number of halogens is 1. The fourth-order valence-electron chi connectivity index (χ4n) is 2.87. The molecule has 0 radical (unpaired) electrons. The first kappa shape index (κ1) is 17.0. The molecule has 1 heterocycles. The Hall–Kier alpha value is -0.380. The molecule has 118 valence electrons. The van der Waals surface area contributed by atoms with Gasteiger partial charge in [0.1, 0.15) is 0 Å². The van der Waals surface area contributed by atoms with Crippen LogP contribution in [0.1, 0.15) is 51.0 Å². The summed E-state index contributed by atoms with van der Waals surface area (Å²) in [6.07, 6.45) is 6.99. The Balaban J connectivity index is 1.97. The Morgan fingerprint density at radius 1 is 1.24 bits per heavy atom. The maximum absolute atomic E-state index is 6.10. The third-order valence-electron chi connectivity index (χ3n) is 4.31. The topological polar surface area (TPSA) is 18.5 Å². The van der Waals surface area contributed by atoms with Crippen LogP contribution in [0.15, 0.2) is 30.3 Å². The Morgan fingerprint density at radius 2 is 2.05 bits per heavy atom. The molecule has 3 heteroatoms. The van der Waals surface area contributed by atoms with Crippen LogP contribution in [0.3, 0.4) is 0 Å². The van der Waals surface area contributed by atoms with Crippen molar-refractivity contribution in [3.63, 3.8) is 0 Å². The number of hydrogen-bond acceptors (Lipinski definition) is 2.